The average Bonchev–Trinajstić information content (AvgIpc) is 3.44. The fraction of sp³-hybridized carbons (Fsp3) is 0.120. The van der Waals surface area contributed by atoms with E-state index in [1.54, 1.807) is 31.5 Å². The van der Waals surface area contributed by atoms with Crippen molar-refractivity contribution in [3.8, 4) is 17.1 Å². The molecule has 8 heteroatoms. The van der Waals surface area contributed by atoms with E-state index < -0.39 is 0 Å². The number of thiocarbonyl (C=S) groups is 1. The van der Waals surface area contributed by atoms with Crippen LogP contribution in [0.2, 0.25) is 0 Å². The summed E-state index contributed by atoms with van der Waals surface area (Å²) in [7, 11) is 1.62. The normalized spacial score (nSPS) is 17.8. The minimum absolute atomic E-state index is 0.280. The fourth-order valence-electron chi connectivity index (χ4n) is 4.08. The van der Waals surface area contributed by atoms with Crippen molar-refractivity contribution in [1.29, 1.82) is 0 Å². The first-order valence-electron chi connectivity index (χ1n) is 10.3. The van der Waals surface area contributed by atoms with Crippen LogP contribution in [-0.2, 0) is 0 Å². The number of furan rings is 1. The average molecular weight is 524 g/mol. The van der Waals surface area contributed by atoms with E-state index in [-0.39, 0.29) is 17.9 Å². The topological polar surface area (TPSA) is 50.5 Å². The molecule has 33 heavy (non-hydrogen) atoms. The molecule has 1 N–H and O–H groups in total. The van der Waals surface area contributed by atoms with Gasteiger partial charge in [0.15, 0.2) is 5.11 Å². The van der Waals surface area contributed by atoms with E-state index in [9.17, 15) is 4.39 Å². The number of methoxy groups -OCH3 is 1. The highest BCUT2D eigenvalue weighted by molar-refractivity contribution is 9.10. The van der Waals surface area contributed by atoms with Crippen LogP contribution in [0.15, 0.2) is 87.9 Å². The van der Waals surface area contributed by atoms with Crippen molar-refractivity contribution in [2.24, 2.45) is 0 Å². The van der Waals surface area contributed by atoms with Crippen molar-refractivity contribution in [2.45, 2.75) is 12.1 Å². The summed E-state index contributed by atoms with van der Waals surface area (Å²) in [6, 6.07) is 21.3. The van der Waals surface area contributed by atoms with Crippen LogP contribution in [0.4, 0.5) is 10.1 Å². The molecule has 4 aromatic rings. The van der Waals surface area contributed by atoms with Crippen molar-refractivity contribution in [1.82, 2.24) is 10.3 Å². The van der Waals surface area contributed by atoms with Gasteiger partial charge in [-0.3, -0.25) is 4.98 Å². The Bertz CT molecular complexity index is 1310. The summed E-state index contributed by atoms with van der Waals surface area (Å²) >= 11 is 9.04. The molecule has 0 radical (unpaired) electrons. The molecule has 1 fully saturated rings. The van der Waals surface area contributed by atoms with Gasteiger partial charge in [-0.25, -0.2) is 4.39 Å². The third-order valence-electron chi connectivity index (χ3n) is 5.56. The lowest BCUT2D eigenvalue weighted by Crippen LogP contribution is -2.29. The summed E-state index contributed by atoms with van der Waals surface area (Å²) in [6.07, 6.45) is 1.74. The molecule has 2 atom stereocenters. The predicted molar refractivity (Wildman–Crippen MR) is 133 cm³/mol. The molecular formula is C25H19BrFN3O2S. The van der Waals surface area contributed by atoms with Crippen LogP contribution < -0.4 is 15.0 Å². The number of pyridine rings is 1. The molecule has 5 nitrogen and oxygen atoms in total. The van der Waals surface area contributed by atoms with Crippen LogP contribution >= 0.6 is 28.1 Å². The zero-order valence-electron chi connectivity index (χ0n) is 17.5. The van der Waals surface area contributed by atoms with Gasteiger partial charge in [0.2, 0.25) is 0 Å². The summed E-state index contributed by atoms with van der Waals surface area (Å²) < 4.78 is 27.1. The molecule has 166 valence electrons. The highest BCUT2D eigenvalue weighted by atomic mass is 79.9. The van der Waals surface area contributed by atoms with E-state index in [0.29, 0.717) is 32.4 Å². The maximum atomic E-state index is 14.6. The number of rotatable bonds is 5. The first-order valence-corrected chi connectivity index (χ1v) is 11.5. The van der Waals surface area contributed by atoms with Crippen LogP contribution in [0.5, 0.6) is 5.75 Å². The zero-order chi connectivity index (χ0) is 22.9. The Kier molecular flexibility index (Phi) is 5.86. The predicted octanol–water partition coefficient (Wildman–Crippen LogP) is 6.43. The Morgan fingerprint density at radius 1 is 1.09 bits per heavy atom. The Hall–Kier alpha value is -3.23. The third kappa shape index (κ3) is 4.00. The van der Waals surface area contributed by atoms with Crippen LogP contribution in [0, 0.1) is 5.82 Å². The molecule has 0 unspecified atom stereocenters. The lowest BCUT2D eigenvalue weighted by atomic mass is 10.0. The summed E-state index contributed by atoms with van der Waals surface area (Å²) in [6.45, 7) is 0. The minimum atomic E-state index is -0.367. The molecule has 1 aliphatic rings. The molecule has 3 heterocycles. The summed E-state index contributed by atoms with van der Waals surface area (Å²) in [5.74, 6) is 1.38. The lowest BCUT2D eigenvalue weighted by molar-refractivity contribution is 0.409. The summed E-state index contributed by atoms with van der Waals surface area (Å²) in [5, 5.41) is 3.91. The number of nitrogens with zero attached hydrogens (tertiary/aromatic N) is 2. The number of hydrogen-bond donors (Lipinski definition) is 1. The Morgan fingerprint density at radius 2 is 1.91 bits per heavy atom. The molecule has 1 saturated heterocycles. The number of anilines is 1. The molecule has 0 saturated carbocycles. The third-order valence-corrected chi connectivity index (χ3v) is 6.37. The molecule has 1 aliphatic heterocycles. The van der Waals surface area contributed by atoms with Crippen LogP contribution in [-0.4, -0.2) is 17.2 Å². The largest absolute Gasteiger partial charge is 0.495 e. The highest BCUT2D eigenvalue weighted by Gasteiger charge is 2.43. The van der Waals surface area contributed by atoms with Gasteiger partial charge in [0.1, 0.15) is 29.1 Å². The number of ether oxygens (including phenoxy) is 1. The Balaban J connectivity index is 1.63. The maximum absolute atomic E-state index is 14.6. The van der Waals surface area contributed by atoms with Crippen molar-refractivity contribution in [3.05, 3.63) is 101 Å². The van der Waals surface area contributed by atoms with Gasteiger partial charge in [-0.05, 0) is 66.8 Å². The fourth-order valence-corrected chi connectivity index (χ4v) is 4.75. The summed E-state index contributed by atoms with van der Waals surface area (Å²) in [4.78, 5) is 6.51. The number of aromatic nitrogens is 1. The molecule has 5 rings (SSSR count). The van der Waals surface area contributed by atoms with Gasteiger partial charge in [-0.1, -0.05) is 34.1 Å². The van der Waals surface area contributed by atoms with E-state index in [1.807, 2.05) is 53.4 Å². The highest BCUT2D eigenvalue weighted by Crippen LogP contribution is 2.45. The number of nitrogens with one attached hydrogen (secondary N) is 1. The molecule has 2 aromatic carbocycles. The van der Waals surface area contributed by atoms with Crippen molar-refractivity contribution in [3.63, 3.8) is 0 Å². The smallest absolute Gasteiger partial charge is 0.174 e. The van der Waals surface area contributed by atoms with Gasteiger partial charge in [-0.15, -0.1) is 0 Å². The molecule has 0 bridgehead atoms. The van der Waals surface area contributed by atoms with Gasteiger partial charge in [0.25, 0.3) is 0 Å². The van der Waals surface area contributed by atoms with Crippen molar-refractivity contribution in [2.75, 3.05) is 12.0 Å². The van der Waals surface area contributed by atoms with Gasteiger partial charge >= 0.3 is 0 Å². The Morgan fingerprint density at radius 3 is 2.67 bits per heavy atom. The monoisotopic (exact) mass is 523 g/mol. The summed E-state index contributed by atoms with van der Waals surface area (Å²) in [5.41, 5.74) is 2.00. The quantitative estimate of drug-likeness (QED) is 0.304. The molecular weight excluding hydrogens is 505 g/mol. The number of hydrogen-bond acceptors (Lipinski definition) is 4. The van der Waals surface area contributed by atoms with E-state index in [1.165, 1.54) is 6.07 Å². The van der Waals surface area contributed by atoms with Crippen LogP contribution in [0.3, 0.4) is 0 Å². The first-order chi connectivity index (χ1) is 16.1. The van der Waals surface area contributed by atoms with E-state index in [0.717, 1.165) is 11.4 Å². The molecule has 0 spiro atoms. The SMILES string of the molecule is COc1ccccc1N1C(=S)N[C@@H](c2ccccn2)[C@@H]1c1ccc(-c2ccc(Br)cc2F)o1. The second kappa shape index (κ2) is 8.96. The second-order valence-corrected chi connectivity index (χ2v) is 8.80. The molecule has 0 aliphatic carbocycles. The minimum Gasteiger partial charge on any atom is -0.495 e. The van der Waals surface area contributed by atoms with Gasteiger partial charge in [-0.2, -0.15) is 0 Å². The van der Waals surface area contributed by atoms with Gasteiger partial charge in [0, 0.05) is 10.7 Å². The number of benzene rings is 2. The first kappa shape index (κ1) is 21.6. The number of para-hydroxylation sites is 2. The van der Waals surface area contributed by atoms with Crippen molar-refractivity contribution >= 4 is 38.9 Å². The standard InChI is InChI=1S/C25H19BrFN3O2S/c1-31-21-8-3-2-7-19(21)30-24(23(29-25(30)33)18-6-4-5-13-28-18)22-12-11-20(32-22)16-10-9-15(26)14-17(16)27/h2-14,23-24H,1H3,(H,29,33)/t23-,24-/m0/s1. The van der Waals surface area contributed by atoms with Crippen LogP contribution in [0.1, 0.15) is 23.5 Å². The lowest BCUT2D eigenvalue weighted by Gasteiger charge is -2.27. The van der Waals surface area contributed by atoms with Gasteiger partial charge < -0.3 is 19.4 Å². The zero-order valence-corrected chi connectivity index (χ0v) is 19.9. The Labute approximate surface area is 204 Å². The van der Waals surface area contributed by atoms with Crippen LogP contribution in [0.25, 0.3) is 11.3 Å². The maximum Gasteiger partial charge on any atom is 0.174 e. The number of halogens is 2. The second-order valence-electron chi connectivity index (χ2n) is 7.49. The van der Waals surface area contributed by atoms with E-state index in [2.05, 4.69) is 26.2 Å². The van der Waals surface area contributed by atoms with E-state index in [4.69, 9.17) is 21.4 Å². The van der Waals surface area contributed by atoms with E-state index >= 15 is 0 Å². The van der Waals surface area contributed by atoms with Gasteiger partial charge in [0.05, 0.1) is 30.1 Å². The van der Waals surface area contributed by atoms with Crippen molar-refractivity contribution < 1.29 is 13.5 Å². The molecule has 2 aromatic heterocycles. The molecule has 0 amide bonds.